The Kier molecular flexibility index (Phi) is 3.80. The fraction of sp³-hybridized carbons (Fsp3) is 0.471. The molecule has 2 aliphatic rings. The van der Waals surface area contributed by atoms with Crippen LogP contribution in [-0.2, 0) is 12.8 Å². The summed E-state index contributed by atoms with van der Waals surface area (Å²) in [5, 5.41) is 12.6. The average Bonchev–Trinajstić information content (AvgIpc) is 3.28. The van der Waals surface area contributed by atoms with E-state index in [0.717, 1.165) is 42.0 Å². The third-order valence-electron chi connectivity index (χ3n) is 4.72. The lowest BCUT2D eigenvalue weighted by Gasteiger charge is -2.27. The first kappa shape index (κ1) is 14.4. The molecule has 1 aliphatic heterocycles. The van der Waals surface area contributed by atoms with Gasteiger partial charge in [0.2, 0.25) is 0 Å². The number of amides is 1. The Hall–Kier alpha value is -1.17. The van der Waals surface area contributed by atoms with Gasteiger partial charge in [0.1, 0.15) is 6.10 Å². The van der Waals surface area contributed by atoms with E-state index in [4.69, 9.17) is 0 Å². The number of rotatable bonds is 3. The minimum absolute atomic E-state index is 0.0805. The largest absolute Gasteiger partial charge is 0.385 e. The minimum Gasteiger partial charge on any atom is -0.385 e. The van der Waals surface area contributed by atoms with Gasteiger partial charge in [0, 0.05) is 16.3 Å². The predicted octanol–water partition coefficient (Wildman–Crippen LogP) is 3.64. The molecular formula is C17H19NO2S2. The van der Waals surface area contributed by atoms with Gasteiger partial charge in [-0.1, -0.05) is 6.07 Å². The first-order valence-electron chi connectivity index (χ1n) is 7.88. The van der Waals surface area contributed by atoms with E-state index in [1.54, 1.807) is 22.7 Å². The van der Waals surface area contributed by atoms with Crippen LogP contribution in [0, 0.1) is 0 Å². The molecule has 1 aliphatic carbocycles. The average molecular weight is 333 g/mol. The Morgan fingerprint density at radius 1 is 1.36 bits per heavy atom. The molecule has 1 amide bonds. The molecule has 2 aromatic rings. The lowest BCUT2D eigenvalue weighted by Crippen LogP contribution is -2.38. The van der Waals surface area contributed by atoms with Crippen LogP contribution in [-0.4, -0.2) is 28.5 Å². The summed E-state index contributed by atoms with van der Waals surface area (Å²) in [6.07, 6.45) is 4.76. The van der Waals surface area contributed by atoms with Gasteiger partial charge < -0.3 is 10.0 Å². The smallest absolute Gasteiger partial charge is 0.264 e. The first-order valence-corrected chi connectivity index (χ1v) is 9.57. The van der Waals surface area contributed by atoms with Crippen molar-refractivity contribution in [1.82, 2.24) is 4.90 Å². The highest BCUT2D eigenvalue weighted by Crippen LogP contribution is 2.35. The molecule has 1 fully saturated rings. The molecule has 4 rings (SSSR count). The molecule has 2 aromatic heterocycles. The zero-order valence-corrected chi connectivity index (χ0v) is 14.0. The van der Waals surface area contributed by atoms with Crippen molar-refractivity contribution in [1.29, 1.82) is 0 Å². The van der Waals surface area contributed by atoms with Crippen LogP contribution in [0.25, 0.3) is 0 Å². The van der Waals surface area contributed by atoms with E-state index in [0.29, 0.717) is 0 Å². The number of carbonyl (C=O) groups is 1. The number of fused-ring (bicyclic) bond motifs is 1. The number of nitrogens with zero attached hydrogens (tertiary/aromatic N) is 1. The van der Waals surface area contributed by atoms with Crippen molar-refractivity contribution in [3.63, 3.8) is 0 Å². The van der Waals surface area contributed by atoms with Crippen LogP contribution in [0.5, 0.6) is 0 Å². The third-order valence-corrected chi connectivity index (χ3v) is 6.88. The summed E-state index contributed by atoms with van der Waals surface area (Å²) in [6, 6.07) is 5.91. The maximum Gasteiger partial charge on any atom is 0.264 e. The summed E-state index contributed by atoms with van der Waals surface area (Å²) in [4.78, 5) is 18.0. The zero-order chi connectivity index (χ0) is 15.1. The van der Waals surface area contributed by atoms with Crippen molar-refractivity contribution < 1.29 is 9.90 Å². The van der Waals surface area contributed by atoms with Crippen molar-refractivity contribution in [2.45, 2.75) is 44.2 Å². The van der Waals surface area contributed by atoms with Gasteiger partial charge in [0.25, 0.3) is 5.91 Å². The zero-order valence-electron chi connectivity index (χ0n) is 12.3. The second-order valence-corrected chi connectivity index (χ2v) is 8.20. The molecule has 0 spiro atoms. The van der Waals surface area contributed by atoms with E-state index in [9.17, 15) is 9.90 Å². The molecule has 0 bridgehead atoms. The number of hydrogen-bond donors (Lipinski definition) is 1. The second-order valence-electron chi connectivity index (χ2n) is 6.08. The fourth-order valence-corrected chi connectivity index (χ4v) is 5.58. The minimum atomic E-state index is -0.557. The fourth-order valence-electron chi connectivity index (χ4n) is 3.60. The predicted molar refractivity (Wildman–Crippen MR) is 89.7 cm³/mol. The summed E-state index contributed by atoms with van der Waals surface area (Å²) in [5.41, 5.74) is 1.36. The van der Waals surface area contributed by atoms with Gasteiger partial charge in [-0.3, -0.25) is 4.79 Å². The Bertz CT molecular complexity index is 655. The van der Waals surface area contributed by atoms with Crippen LogP contribution < -0.4 is 0 Å². The molecule has 3 nitrogen and oxygen atoms in total. The van der Waals surface area contributed by atoms with E-state index < -0.39 is 6.10 Å². The van der Waals surface area contributed by atoms with Gasteiger partial charge in [-0.15, -0.1) is 22.7 Å². The highest BCUT2D eigenvalue weighted by molar-refractivity contribution is 7.14. The SMILES string of the molecule is O=C(c1cc2c(s1)CCC2)N1CCC[C@@H]1[C@@H](O)c1cccs1. The lowest BCUT2D eigenvalue weighted by atomic mass is 10.1. The highest BCUT2D eigenvalue weighted by Gasteiger charge is 2.36. The van der Waals surface area contributed by atoms with Crippen molar-refractivity contribution in [3.05, 3.63) is 43.8 Å². The van der Waals surface area contributed by atoms with Crippen LogP contribution in [0.1, 0.15) is 50.4 Å². The van der Waals surface area contributed by atoms with E-state index in [2.05, 4.69) is 6.07 Å². The van der Waals surface area contributed by atoms with Crippen LogP contribution in [0.15, 0.2) is 23.6 Å². The third kappa shape index (κ3) is 2.41. The maximum absolute atomic E-state index is 12.9. The molecule has 0 aromatic carbocycles. The van der Waals surface area contributed by atoms with E-state index in [-0.39, 0.29) is 11.9 Å². The quantitative estimate of drug-likeness (QED) is 0.932. The maximum atomic E-state index is 12.9. The highest BCUT2D eigenvalue weighted by atomic mass is 32.1. The normalized spacial score (nSPS) is 22.0. The number of carbonyl (C=O) groups excluding carboxylic acids is 1. The van der Waals surface area contributed by atoms with Crippen molar-refractivity contribution >= 4 is 28.6 Å². The lowest BCUT2D eigenvalue weighted by molar-refractivity contribution is 0.0500. The second kappa shape index (κ2) is 5.80. The van der Waals surface area contributed by atoms with Gasteiger partial charge >= 0.3 is 0 Å². The van der Waals surface area contributed by atoms with Gasteiger partial charge in [0.05, 0.1) is 10.9 Å². The van der Waals surface area contributed by atoms with Crippen LogP contribution in [0.4, 0.5) is 0 Å². The molecule has 1 N–H and O–H groups in total. The standard InChI is InChI=1S/C17H19NO2S2/c19-16(14-7-3-9-21-14)12-5-2-8-18(12)17(20)15-10-11-4-1-6-13(11)22-15/h3,7,9-10,12,16,19H,1-2,4-6,8H2/t12-,16-/m1/s1. The van der Waals surface area contributed by atoms with E-state index >= 15 is 0 Å². The molecule has 5 heteroatoms. The topological polar surface area (TPSA) is 40.5 Å². The van der Waals surface area contributed by atoms with E-state index in [1.165, 1.54) is 16.9 Å². The number of hydrogen-bond acceptors (Lipinski definition) is 4. The van der Waals surface area contributed by atoms with Gasteiger partial charge in [-0.2, -0.15) is 0 Å². The molecule has 2 atom stereocenters. The number of likely N-dealkylation sites (tertiary alicyclic amines) is 1. The van der Waals surface area contributed by atoms with Crippen LogP contribution in [0.3, 0.4) is 0 Å². The number of aliphatic hydroxyl groups is 1. The monoisotopic (exact) mass is 333 g/mol. The Balaban J connectivity index is 1.56. The molecule has 0 saturated carbocycles. The van der Waals surface area contributed by atoms with Crippen LogP contribution >= 0.6 is 22.7 Å². The van der Waals surface area contributed by atoms with Gasteiger partial charge in [0.15, 0.2) is 0 Å². The summed E-state index contributed by atoms with van der Waals surface area (Å²) in [6.45, 7) is 0.758. The summed E-state index contributed by atoms with van der Waals surface area (Å²) in [5.74, 6) is 0.109. The Labute approximate surface area is 138 Å². The van der Waals surface area contributed by atoms with Crippen LogP contribution in [0.2, 0.25) is 0 Å². The number of thiophene rings is 2. The summed E-state index contributed by atoms with van der Waals surface area (Å²) >= 11 is 3.22. The summed E-state index contributed by atoms with van der Waals surface area (Å²) < 4.78 is 0. The number of aryl methyl sites for hydroxylation is 2. The Morgan fingerprint density at radius 2 is 2.27 bits per heavy atom. The Morgan fingerprint density at radius 3 is 3.05 bits per heavy atom. The van der Waals surface area contributed by atoms with Gasteiger partial charge in [-0.25, -0.2) is 0 Å². The molecular weight excluding hydrogens is 314 g/mol. The van der Waals surface area contributed by atoms with E-state index in [1.807, 2.05) is 22.4 Å². The van der Waals surface area contributed by atoms with Crippen molar-refractivity contribution in [2.24, 2.45) is 0 Å². The molecule has 116 valence electrons. The molecule has 0 unspecified atom stereocenters. The van der Waals surface area contributed by atoms with Gasteiger partial charge in [-0.05, 0) is 55.2 Å². The van der Waals surface area contributed by atoms with Crippen molar-refractivity contribution in [2.75, 3.05) is 6.54 Å². The molecule has 0 radical (unpaired) electrons. The van der Waals surface area contributed by atoms with Crippen molar-refractivity contribution in [3.8, 4) is 0 Å². The molecule has 22 heavy (non-hydrogen) atoms. The summed E-state index contributed by atoms with van der Waals surface area (Å²) in [7, 11) is 0. The number of aliphatic hydroxyl groups excluding tert-OH is 1. The molecule has 1 saturated heterocycles. The molecule has 3 heterocycles. The first-order chi connectivity index (χ1) is 10.7.